The van der Waals surface area contributed by atoms with Crippen LogP contribution in [0.15, 0.2) is 24.7 Å². The van der Waals surface area contributed by atoms with Gasteiger partial charge in [-0.2, -0.15) is 0 Å². The fourth-order valence-corrected chi connectivity index (χ4v) is 4.06. The molecule has 8 heteroatoms. The normalized spacial score (nSPS) is 16.1. The number of Topliss-reactive ketones (excluding diaryl/α,β-unsaturated/α-hetero) is 1. The quantitative estimate of drug-likeness (QED) is 0.581. The molecule has 1 saturated carbocycles. The molecule has 0 radical (unpaired) electrons. The molecule has 3 aromatic rings. The highest BCUT2D eigenvalue weighted by atomic mass is 35.5. The Kier molecular flexibility index (Phi) is 5.76. The van der Waals surface area contributed by atoms with Crippen LogP contribution >= 0.6 is 11.6 Å². The van der Waals surface area contributed by atoms with Crippen LogP contribution in [0.3, 0.4) is 0 Å². The highest BCUT2D eigenvalue weighted by Crippen LogP contribution is 2.29. The van der Waals surface area contributed by atoms with Crippen LogP contribution < -0.4 is 5.32 Å². The number of halogens is 2. The van der Waals surface area contributed by atoms with Gasteiger partial charge in [-0.15, -0.1) is 0 Å². The zero-order valence-corrected chi connectivity index (χ0v) is 17.0. The maximum absolute atomic E-state index is 14.3. The van der Waals surface area contributed by atoms with E-state index in [0.29, 0.717) is 34.4 Å². The molecule has 4 rings (SSSR count). The molecule has 3 heterocycles. The molecule has 0 bridgehead atoms. The van der Waals surface area contributed by atoms with E-state index >= 15 is 0 Å². The number of ketones is 1. The number of hydrogen-bond acceptors (Lipinski definition) is 5. The molecule has 0 spiro atoms. The monoisotopic (exact) mass is 415 g/mol. The summed E-state index contributed by atoms with van der Waals surface area (Å²) < 4.78 is 14.3. The van der Waals surface area contributed by atoms with Crippen LogP contribution in [0.1, 0.15) is 45.4 Å². The number of anilines is 1. The topological polar surface area (TPSA) is 83.6 Å². The maximum atomic E-state index is 14.3. The molecule has 2 N–H and O–H groups in total. The Hall–Kier alpha value is -2.54. The van der Waals surface area contributed by atoms with Crippen LogP contribution in [0.2, 0.25) is 5.02 Å². The second-order valence-corrected chi connectivity index (χ2v) is 8.12. The van der Waals surface area contributed by atoms with Crippen molar-refractivity contribution in [3.8, 4) is 11.4 Å². The summed E-state index contributed by atoms with van der Waals surface area (Å²) in [5.41, 5.74) is 1.31. The number of pyridine rings is 1. The molecule has 1 fully saturated rings. The minimum Gasteiger partial charge on any atom is -0.358 e. The van der Waals surface area contributed by atoms with E-state index in [9.17, 15) is 9.18 Å². The molecule has 0 saturated heterocycles. The van der Waals surface area contributed by atoms with E-state index < -0.39 is 11.9 Å². The van der Waals surface area contributed by atoms with Gasteiger partial charge in [0, 0.05) is 29.8 Å². The molecule has 0 unspecified atom stereocenters. The smallest absolute Gasteiger partial charge is 0.183 e. The lowest BCUT2D eigenvalue weighted by Crippen LogP contribution is -2.29. The van der Waals surface area contributed by atoms with Crippen LogP contribution in [0.5, 0.6) is 0 Å². The first-order valence-corrected chi connectivity index (χ1v) is 10.3. The number of fused-ring (bicyclic) bond motifs is 1. The maximum Gasteiger partial charge on any atom is 0.183 e. The number of H-pyrrole nitrogens is 1. The van der Waals surface area contributed by atoms with Gasteiger partial charge in [0.15, 0.2) is 23.2 Å². The van der Waals surface area contributed by atoms with Crippen LogP contribution in [-0.2, 0) is 4.79 Å². The predicted octanol–water partition coefficient (Wildman–Crippen LogP) is 5.15. The first kappa shape index (κ1) is 19.8. The van der Waals surface area contributed by atoms with Gasteiger partial charge in [0.25, 0.3) is 0 Å². The summed E-state index contributed by atoms with van der Waals surface area (Å²) in [5.74, 6) is 0.274. The van der Waals surface area contributed by atoms with E-state index in [0.717, 1.165) is 24.4 Å². The molecule has 152 valence electrons. The summed E-state index contributed by atoms with van der Waals surface area (Å²) in [4.78, 5) is 28.3. The lowest BCUT2D eigenvalue weighted by atomic mass is 9.85. The molecule has 0 amide bonds. The molecule has 6 nitrogen and oxygen atoms in total. The molecule has 1 aliphatic rings. The van der Waals surface area contributed by atoms with Crippen molar-refractivity contribution in [3.05, 3.63) is 35.5 Å². The lowest BCUT2D eigenvalue weighted by molar-refractivity contribution is -0.120. The second kappa shape index (κ2) is 8.45. The summed E-state index contributed by atoms with van der Waals surface area (Å²) in [5, 5.41) is 4.17. The van der Waals surface area contributed by atoms with Crippen LogP contribution in [0.4, 0.5) is 10.2 Å². The van der Waals surface area contributed by atoms with Crippen molar-refractivity contribution in [2.45, 2.75) is 51.5 Å². The van der Waals surface area contributed by atoms with Crippen molar-refractivity contribution in [1.82, 2.24) is 19.9 Å². The van der Waals surface area contributed by atoms with Gasteiger partial charge in [-0.3, -0.25) is 4.79 Å². The number of nitrogens with one attached hydrogen (secondary N) is 2. The Balaban J connectivity index is 1.53. The molecule has 3 aromatic heterocycles. The highest BCUT2D eigenvalue weighted by molar-refractivity contribution is 6.31. The van der Waals surface area contributed by atoms with Gasteiger partial charge < -0.3 is 10.3 Å². The first-order chi connectivity index (χ1) is 14.0. The number of rotatable bonds is 6. The molecule has 0 aromatic carbocycles. The van der Waals surface area contributed by atoms with Crippen molar-refractivity contribution in [2.24, 2.45) is 5.92 Å². The number of aromatic amines is 1. The first-order valence-electron chi connectivity index (χ1n) is 9.96. The average Bonchev–Trinajstić information content (AvgIpc) is 3.13. The van der Waals surface area contributed by atoms with Gasteiger partial charge >= 0.3 is 0 Å². The molecular weight excluding hydrogens is 393 g/mol. The third-order valence-electron chi connectivity index (χ3n) is 5.53. The van der Waals surface area contributed by atoms with E-state index in [4.69, 9.17) is 11.6 Å². The summed E-state index contributed by atoms with van der Waals surface area (Å²) in [7, 11) is 0. The summed E-state index contributed by atoms with van der Waals surface area (Å²) in [6.45, 7) is 1.75. The predicted molar refractivity (Wildman–Crippen MR) is 111 cm³/mol. The van der Waals surface area contributed by atoms with E-state index in [1.807, 2.05) is 0 Å². The van der Waals surface area contributed by atoms with Crippen molar-refractivity contribution in [2.75, 3.05) is 5.32 Å². The molecular formula is C21H23ClFN5O. The van der Waals surface area contributed by atoms with Crippen molar-refractivity contribution in [1.29, 1.82) is 0 Å². The Morgan fingerprint density at radius 1 is 1.31 bits per heavy atom. The van der Waals surface area contributed by atoms with E-state index in [2.05, 4.69) is 25.3 Å². The standard InChI is InChI=1S/C21H23ClFN5O/c1-12(18(29)7-13-5-3-2-4-6-13)27-21-17(23)11-26-20(28-21)16-10-25-19-15(16)8-14(22)9-24-19/h8-13H,2-7H2,1H3,(H,24,25)(H,26,27,28)/t12-/m0/s1. The minimum absolute atomic E-state index is 0.0174. The molecule has 29 heavy (non-hydrogen) atoms. The fourth-order valence-electron chi connectivity index (χ4n) is 3.90. The second-order valence-electron chi connectivity index (χ2n) is 7.68. The highest BCUT2D eigenvalue weighted by Gasteiger charge is 2.22. The number of carbonyl (C=O) groups is 1. The Morgan fingerprint density at radius 2 is 2.10 bits per heavy atom. The third-order valence-corrected chi connectivity index (χ3v) is 5.74. The number of hydrogen-bond donors (Lipinski definition) is 2. The summed E-state index contributed by atoms with van der Waals surface area (Å²) in [6, 6.07) is 1.24. The lowest BCUT2D eigenvalue weighted by Gasteiger charge is -2.22. The Bertz CT molecular complexity index is 1030. The van der Waals surface area contributed by atoms with Gasteiger partial charge in [-0.05, 0) is 18.9 Å². The van der Waals surface area contributed by atoms with Crippen LogP contribution in [0, 0.1) is 11.7 Å². The van der Waals surface area contributed by atoms with Gasteiger partial charge in [0.05, 0.1) is 17.3 Å². The van der Waals surface area contributed by atoms with Crippen LogP contribution in [0.25, 0.3) is 22.4 Å². The third kappa shape index (κ3) is 4.40. The van der Waals surface area contributed by atoms with E-state index in [-0.39, 0.29) is 11.6 Å². The Morgan fingerprint density at radius 3 is 2.90 bits per heavy atom. The molecule has 1 atom stereocenters. The zero-order valence-electron chi connectivity index (χ0n) is 16.2. The molecule has 0 aliphatic heterocycles. The average molecular weight is 416 g/mol. The van der Waals surface area contributed by atoms with E-state index in [1.54, 1.807) is 25.4 Å². The van der Waals surface area contributed by atoms with Gasteiger partial charge in [0.2, 0.25) is 0 Å². The number of nitrogens with zero attached hydrogens (tertiary/aromatic N) is 3. The van der Waals surface area contributed by atoms with Gasteiger partial charge in [-0.25, -0.2) is 19.3 Å². The van der Waals surface area contributed by atoms with E-state index in [1.165, 1.54) is 19.3 Å². The largest absolute Gasteiger partial charge is 0.358 e. The van der Waals surface area contributed by atoms with Gasteiger partial charge in [-0.1, -0.05) is 43.7 Å². The SMILES string of the molecule is C[C@H](Nc1nc(-c2c[nH]c3ncc(Cl)cc23)ncc1F)C(=O)CC1CCCCC1. The summed E-state index contributed by atoms with van der Waals surface area (Å²) in [6.07, 6.45) is 10.7. The minimum atomic E-state index is -0.595. The number of aromatic nitrogens is 4. The van der Waals surface area contributed by atoms with Crippen molar-refractivity contribution < 1.29 is 9.18 Å². The van der Waals surface area contributed by atoms with Crippen LogP contribution in [-0.4, -0.2) is 31.8 Å². The van der Waals surface area contributed by atoms with Gasteiger partial charge in [0.1, 0.15) is 5.65 Å². The summed E-state index contributed by atoms with van der Waals surface area (Å²) >= 11 is 6.05. The van der Waals surface area contributed by atoms with Crippen molar-refractivity contribution >= 4 is 34.2 Å². The fraction of sp³-hybridized carbons (Fsp3) is 0.429. The number of carbonyl (C=O) groups excluding carboxylic acids is 1. The Labute approximate surface area is 173 Å². The van der Waals surface area contributed by atoms with Crippen molar-refractivity contribution in [3.63, 3.8) is 0 Å². The zero-order chi connectivity index (χ0) is 20.4. The molecule has 1 aliphatic carbocycles.